The van der Waals surface area contributed by atoms with E-state index in [1.54, 1.807) is 0 Å². The summed E-state index contributed by atoms with van der Waals surface area (Å²) in [7, 11) is 0. The van der Waals surface area contributed by atoms with E-state index in [1.807, 2.05) is 38.1 Å². The van der Waals surface area contributed by atoms with Gasteiger partial charge >= 0.3 is 0 Å². The zero-order valence-electron chi connectivity index (χ0n) is 14.3. The molecule has 1 unspecified atom stereocenters. The Hall–Kier alpha value is -1.14. The van der Waals surface area contributed by atoms with Crippen LogP contribution in [0.15, 0.2) is 24.3 Å². The molecule has 2 heterocycles. The van der Waals surface area contributed by atoms with Crippen LogP contribution >= 0.6 is 11.6 Å². The number of hydrogen-bond donors (Lipinski definition) is 3. The zero-order chi connectivity index (χ0) is 17.2. The van der Waals surface area contributed by atoms with Gasteiger partial charge in [0.1, 0.15) is 11.8 Å². The molecule has 2 aliphatic heterocycles. The Labute approximate surface area is 148 Å². The van der Waals surface area contributed by atoms with E-state index in [9.17, 15) is 4.79 Å². The van der Waals surface area contributed by atoms with Gasteiger partial charge < -0.3 is 15.4 Å². The van der Waals surface area contributed by atoms with Gasteiger partial charge in [0.15, 0.2) is 0 Å². The van der Waals surface area contributed by atoms with Crippen LogP contribution in [0.2, 0.25) is 5.02 Å². The monoisotopic (exact) mass is 351 g/mol. The number of nitrogens with one attached hydrogen (secondary N) is 3. The van der Waals surface area contributed by atoms with Gasteiger partial charge in [0.2, 0.25) is 5.91 Å². The molecular weight excluding hydrogens is 326 g/mol. The van der Waals surface area contributed by atoms with Crippen molar-refractivity contribution >= 4 is 17.5 Å². The number of piperidine rings is 1. The summed E-state index contributed by atoms with van der Waals surface area (Å²) in [5.41, 5.74) is 0.465. The predicted molar refractivity (Wildman–Crippen MR) is 95.1 cm³/mol. The highest BCUT2D eigenvalue weighted by Crippen LogP contribution is 2.24. The Morgan fingerprint density at radius 1 is 1.38 bits per heavy atom. The van der Waals surface area contributed by atoms with Gasteiger partial charge in [-0.2, -0.15) is 0 Å². The number of ether oxygens (including phenoxy) is 1. The van der Waals surface area contributed by atoms with Crippen LogP contribution in [0.4, 0.5) is 0 Å². The van der Waals surface area contributed by atoms with E-state index in [1.165, 1.54) is 5.56 Å². The van der Waals surface area contributed by atoms with Crippen LogP contribution in [-0.2, 0) is 16.0 Å². The maximum Gasteiger partial charge on any atom is 0.240 e. The molecular formula is C18H26ClN3O2. The van der Waals surface area contributed by atoms with Crippen LogP contribution in [0.5, 0.6) is 0 Å². The van der Waals surface area contributed by atoms with Crippen LogP contribution in [0.25, 0.3) is 0 Å². The summed E-state index contributed by atoms with van der Waals surface area (Å²) in [6, 6.07) is 7.56. The molecule has 5 nitrogen and oxygen atoms in total. The van der Waals surface area contributed by atoms with Gasteiger partial charge in [-0.05, 0) is 57.4 Å². The first-order chi connectivity index (χ1) is 11.4. The van der Waals surface area contributed by atoms with Gasteiger partial charge in [-0.1, -0.05) is 23.7 Å². The molecule has 2 aliphatic rings. The van der Waals surface area contributed by atoms with Crippen LogP contribution < -0.4 is 16.0 Å². The van der Waals surface area contributed by atoms with Gasteiger partial charge in [-0.15, -0.1) is 0 Å². The first-order valence-corrected chi connectivity index (χ1v) is 8.94. The van der Waals surface area contributed by atoms with Crippen molar-refractivity contribution in [2.24, 2.45) is 0 Å². The molecule has 2 fully saturated rings. The molecule has 24 heavy (non-hydrogen) atoms. The fourth-order valence-electron chi connectivity index (χ4n) is 3.55. The minimum absolute atomic E-state index is 0.0123. The quantitative estimate of drug-likeness (QED) is 0.774. The molecule has 0 radical (unpaired) electrons. The van der Waals surface area contributed by atoms with Crippen molar-refractivity contribution in [1.82, 2.24) is 16.0 Å². The van der Waals surface area contributed by atoms with E-state index in [0.29, 0.717) is 6.61 Å². The number of benzene rings is 1. The third kappa shape index (κ3) is 4.28. The minimum atomic E-state index is -0.448. The van der Waals surface area contributed by atoms with Crippen molar-refractivity contribution in [3.8, 4) is 0 Å². The molecule has 132 valence electrons. The Kier molecular flexibility index (Phi) is 5.16. The Morgan fingerprint density at radius 3 is 2.71 bits per heavy atom. The minimum Gasteiger partial charge on any atom is -0.359 e. The first kappa shape index (κ1) is 17.7. The highest BCUT2D eigenvalue weighted by atomic mass is 35.5. The van der Waals surface area contributed by atoms with E-state index in [-0.39, 0.29) is 17.5 Å². The molecule has 0 spiro atoms. The highest BCUT2D eigenvalue weighted by molar-refractivity contribution is 6.30. The molecule has 1 aromatic carbocycles. The van der Waals surface area contributed by atoms with Gasteiger partial charge in [-0.25, -0.2) is 0 Å². The van der Waals surface area contributed by atoms with Gasteiger partial charge in [0.25, 0.3) is 0 Å². The Balaban J connectivity index is 1.71. The van der Waals surface area contributed by atoms with Crippen molar-refractivity contribution < 1.29 is 9.53 Å². The lowest BCUT2D eigenvalue weighted by Gasteiger charge is -2.39. The normalized spacial score (nSPS) is 29.4. The van der Waals surface area contributed by atoms with Crippen molar-refractivity contribution in [2.45, 2.75) is 50.4 Å². The zero-order valence-corrected chi connectivity index (χ0v) is 15.1. The highest BCUT2D eigenvalue weighted by Gasteiger charge is 2.40. The van der Waals surface area contributed by atoms with Crippen LogP contribution in [-0.4, -0.2) is 42.9 Å². The lowest BCUT2D eigenvalue weighted by Crippen LogP contribution is -2.62. The molecule has 3 rings (SSSR count). The summed E-state index contributed by atoms with van der Waals surface area (Å²) >= 11 is 5.98. The predicted octanol–water partition coefficient (Wildman–Crippen LogP) is 1.85. The maximum atomic E-state index is 12.7. The topological polar surface area (TPSA) is 62.4 Å². The summed E-state index contributed by atoms with van der Waals surface area (Å²) in [4.78, 5) is 12.7. The molecule has 1 amide bonds. The van der Waals surface area contributed by atoms with Gasteiger partial charge in [0, 0.05) is 11.6 Å². The van der Waals surface area contributed by atoms with Crippen LogP contribution in [0.1, 0.15) is 32.3 Å². The number of halogens is 1. The summed E-state index contributed by atoms with van der Waals surface area (Å²) < 4.78 is 5.63. The van der Waals surface area contributed by atoms with Crippen LogP contribution in [0.3, 0.4) is 0 Å². The van der Waals surface area contributed by atoms with E-state index in [0.717, 1.165) is 37.4 Å². The van der Waals surface area contributed by atoms with Crippen LogP contribution in [0, 0.1) is 0 Å². The lowest BCUT2D eigenvalue weighted by atomic mass is 9.83. The Bertz CT molecular complexity index is 582. The van der Waals surface area contributed by atoms with Gasteiger partial charge in [-0.3, -0.25) is 10.1 Å². The summed E-state index contributed by atoms with van der Waals surface area (Å²) in [6.45, 7) is 6.05. The molecule has 6 heteroatoms. The standard InChI is InChI=1S/C18H26ClN3O2/c1-17(2)21-15(11-24-17)16(23)22-18(8-3-9-20-12-18)10-13-4-6-14(19)7-5-13/h4-7,15,20-21H,3,8-12H2,1-2H3,(H,22,23)/t15?,18-/m1/s1. The summed E-state index contributed by atoms with van der Waals surface area (Å²) in [5.74, 6) is 0.0123. The Morgan fingerprint density at radius 2 is 2.12 bits per heavy atom. The first-order valence-electron chi connectivity index (χ1n) is 8.56. The average molecular weight is 352 g/mol. The fraction of sp³-hybridized carbons (Fsp3) is 0.611. The summed E-state index contributed by atoms with van der Waals surface area (Å²) in [5, 5.41) is 10.7. The third-order valence-electron chi connectivity index (χ3n) is 4.77. The SMILES string of the molecule is CC1(C)NC(C(=O)N[C@@]2(Cc3ccc(Cl)cc3)CCCNC2)CO1. The number of amides is 1. The van der Waals surface area contributed by atoms with Crippen molar-refractivity contribution in [3.63, 3.8) is 0 Å². The average Bonchev–Trinajstić information content (AvgIpc) is 2.91. The third-order valence-corrected chi connectivity index (χ3v) is 5.02. The second-order valence-corrected chi connectivity index (χ2v) is 7.81. The maximum absolute atomic E-state index is 12.7. The van der Waals surface area contributed by atoms with Crippen molar-refractivity contribution in [3.05, 3.63) is 34.9 Å². The van der Waals surface area contributed by atoms with Crippen molar-refractivity contribution in [1.29, 1.82) is 0 Å². The second-order valence-electron chi connectivity index (χ2n) is 7.37. The fourth-order valence-corrected chi connectivity index (χ4v) is 3.67. The number of carbonyl (C=O) groups is 1. The number of hydrogen-bond acceptors (Lipinski definition) is 4. The molecule has 3 N–H and O–H groups in total. The van der Waals surface area contributed by atoms with E-state index in [2.05, 4.69) is 16.0 Å². The van der Waals surface area contributed by atoms with Gasteiger partial charge in [0.05, 0.1) is 12.1 Å². The second kappa shape index (κ2) is 7.00. The number of rotatable bonds is 4. The lowest BCUT2D eigenvalue weighted by molar-refractivity contribution is -0.125. The molecule has 0 aromatic heterocycles. The summed E-state index contributed by atoms with van der Waals surface area (Å²) in [6.07, 6.45) is 2.80. The smallest absolute Gasteiger partial charge is 0.240 e. The molecule has 0 bridgehead atoms. The van der Waals surface area contributed by atoms with E-state index < -0.39 is 5.72 Å². The number of carbonyl (C=O) groups excluding carboxylic acids is 1. The molecule has 0 aliphatic carbocycles. The van der Waals surface area contributed by atoms with Crippen molar-refractivity contribution in [2.75, 3.05) is 19.7 Å². The molecule has 1 aromatic rings. The molecule has 2 atom stereocenters. The van der Waals surface area contributed by atoms with E-state index in [4.69, 9.17) is 16.3 Å². The largest absolute Gasteiger partial charge is 0.359 e. The van der Waals surface area contributed by atoms with E-state index >= 15 is 0 Å². The molecule has 0 saturated carbocycles. The molecule has 2 saturated heterocycles.